The van der Waals surface area contributed by atoms with Gasteiger partial charge in [0.1, 0.15) is 0 Å². The lowest BCUT2D eigenvalue weighted by Gasteiger charge is -2.39. The lowest BCUT2D eigenvalue weighted by Crippen LogP contribution is -2.29. The van der Waals surface area contributed by atoms with Crippen LogP contribution < -0.4 is 0 Å². The van der Waals surface area contributed by atoms with E-state index in [1.54, 1.807) is 0 Å². The Morgan fingerprint density at radius 2 is 0.897 bits per heavy atom. The molecule has 0 aliphatic heterocycles. The molecule has 0 rings (SSSR count). The molecule has 0 aromatic rings. The van der Waals surface area contributed by atoms with Crippen molar-refractivity contribution in [3.8, 4) is 0 Å². The largest absolute Gasteiger partial charge is 0.0885 e. The van der Waals surface area contributed by atoms with E-state index in [0.717, 1.165) is 32.1 Å². The Labute approximate surface area is 184 Å². The van der Waals surface area contributed by atoms with Gasteiger partial charge in [-0.15, -0.1) is 0 Å². The molecule has 0 aromatic carbocycles. The van der Waals surface area contributed by atoms with Gasteiger partial charge in [-0.1, -0.05) is 122 Å². The summed E-state index contributed by atoms with van der Waals surface area (Å²) in [5, 5.41) is 0. The fourth-order valence-corrected chi connectivity index (χ4v) is 2.93. The Bertz CT molecular complexity index is 503. The van der Waals surface area contributed by atoms with Crippen molar-refractivity contribution in [2.24, 2.45) is 10.8 Å². The SMILES string of the molecule is CC/C=C\C/C=C\C/C=C\C/C=C\C/C=C\CCCCCCC(C)(C)C(C)(C)C. The average Bonchev–Trinajstić information content (AvgIpc) is 2.65. The van der Waals surface area contributed by atoms with Crippen LogP contribution in [0.2, 0.25) is 0 Å². The molecule has 0 nitrogen and oxygen atoms in total. The third kappa shape index (κ3) is 17.3. The second kappa shape index (κ2) is 17.5. The topological polar surface area (TPSA) is 0 Å². The summed E-state index contributed by atoms with van der Waals surface area (Å²) in [5.41, 5.74) is 0.846. The minimum Gasteiger partial charge on any atom is -0.0885 e. The van der Waals surface area contributed by atoms with Crippen LogP contribution in [0.3, 0.4) is 0 Å². The summed E-state index contributed by atoms with van der Waals surface area (Å²) in [5.74, 6) is 0. The smallest absolute Gasteiger partial charge is 0.0169 e. The van der Waals surface area contributed by atoms with E-state index in [-0.39, 0.29) is 0 Å². The minimum atomic E-state index is 0.405. The fraction of sp³-hybridized carbons (Fsp3) is 0.655. The van der Waals surface area contributed by atoms with E-state index in [9.17, 15) is 0 Å². The molecule has 0 radical (unpaired) electrons. The van der Waals surface area contributed by atoms with Gasteiger partial charge in [-0.2, -0.15) is 0 Å². The number of hydrogen-bond donors (Lipinski definition) is 0. The third-order valence-corrected chi connectivity index (χ3v) is 6.11. The molecule has 0 saturated heterocycles. The maximum Gasteiger partial charge on any atom is -0.0169 e. The summed E-state index contributed by atoms with van der Waals surface area (Å²) in [6.45, 7) is 14.1. The first-order valence-corrected chi connectivity index (χ1v) is 12.1. The van der Waals surface area contributed by atoms with Gasteiger partial charge in [0.15, 0.2) is 0 Å². The highest BCUT2D eigenvalue weighted by atomic mass is 14.4. The summed E-state index contributed by atoms with van der Waals surface area (Å²) in [6.07, 6.45) is 36.0. The zero-order valence-corrected chi connectivity index (χ0v) is 20.6. The summed E-state index contributed by atoms with van der Waals surface area (Å²) in [4.78, 5) is 0. The maximum atomic E-state index is 2.42. The molecule has 0 heteroatoms. The van der Waals surface area contributed by atoms with Gasteiger partial charge in [-0.05, 0) is 62.2 Å². The van der Waals surface area contributed by atoms with Crippen molar-refractivity contribution in [2.75, 3.05) is 0 Å². The van der Waals surface area contributed by atoms with Crippen LogP contribution >= 0.6 is 0 Å². The van der Waals surface area contributed by atoms with Crippen LogP contribution in [0.4, 0.5) is 0 Å². The van der Waals surface area contributed by atoms with E-state index in [0.29, 0.717) is 10.8 Å². The molecule has 0 fully saturated rings. The summed E-state index contributed by atoms with van der Waals surface area (Å²) < 4.78 is 0. The van der Waals surface area contributed by atoms with Gasteiger partial charge in [0.2, 0.25) is 0 Å². The fourth-order valence-electron chi connectivity index (χ4n) is 2.93. The van der Waals surface area contributed by atoms with Gasteiger partial charge in [0.05, 0.1) is 0 Å². The van der Waals surface area contributed by atoms with Crippen molar-refractivity contribution < 1.29 is 0 Å². The molecular formula is C29H50. The van der Waals surface area contributed by atoms with Crippen molar-refractivity contribution in [3.63, 3.8) is 0 Å². The van der Waals surface area contributed by atoms with Crippen LogP contribution in [0.15, 0.2) is 60.8 Å². The first kappa shape index (κ1) is 27.7. The molecule has 0 bridgehead atoms. The first-order chi connectivity index (χ1) is 13.8. The lowest BCUT2D eigenvalue weighted by atomic mass is 9.67. The van der Waals surface area contributed by atoms with Crippen LogP contribution in [0.5, 0.6) is 0 Å². The normalized spacial score (nSPS) is 14.0. The molecule has 0 amide bonds. The van der Waals surface area contributed by atoms with Gasteiger partial charge in [0.25, 0.3) is 0 Å². The van der Waals surface area contributed by atoms with Gasteiger partial charge in [-0.25, -0.2) is 0 Å². The van der Waals surface area contributed by atoms with E-state index >= 15 is 0 Å². The Morgan fingerprint density at radius 1 is 0.483 bits per heavy atom. The molecule has 0 atom stereocenters. The Kier molecular flexibility index (Phi) is 16.8. The standard InChI is InChI=1S/C29H50/c1-7-8-9-10-11-12-13-14-15-16-17-18-19-20-21-22-23-24-25-26-27-29(5,6)28(2,3)4/h8-9,11-12,14-15,17-18,20-21H,7,10,13,16,19,22-27H2,1-6H3/b9-8-,12-11-,15-14-,18-17-,21-20-. The van der Waals surface area contributed by atoms with Gasteiger partial charge in [0, 0.05) is 0 Å². The number of hydrogen-bond acceptors (Lipinski definition) is 0. The van der Waals surface area contributed by atoms with Crippen molar-refractivity contribution in [1.29, 1.82) is 0 Å². The molecular weight excluding hydrogens is 348 g/mol. The zero-order chi connectivity index (χ0) is 21.8. The van der Waals surface area contributed by atoms with Crippen molar-refractivity contribution in [1.82, 2.24) is 0 Å². The summed E-state index contributed by atoms with van der Waals surface area (Å²) >= 11 is 0. The summed E-state index contributed by atoms with van der Waals surface area (Å²) in [6, 6.07) is 0. The molecule has 0 unspecified atom stereocenters. The second-order valence-corrected chi connectivity index (χ2v) is 9.79. The highest BCUT2D eigenvalue weighted by Gasteiger charge is 2.31. The molecule has 0 aliphatic carbocycles. The molecule has 0 saturated carbocycles. The Morgan fingerprint density at radius 3 is 1.34 bits per heavy atom. The number of allylic oxidation sites excluding steroid dienone is 10. The molecule has 0 heterocycles. The second-order valence-electron chi connectivity index (χ2n) is 9.79. The van der Waals surface area contributed by atoms with E-state index < -0.39 is 0 Å². The highest BCUT2D eigenvalue weighted by Crippen LogP contribution is 2.41. The Hall–Kier alpha value is -1.30. The van der Waals surface area contributed by atoms with E-state index in [4.69, 9.17) is 0 Å². The third-order valence-electron chi connectivity index (χ3n) is 6.11. The van der Waals surface area contributed by atoms with Crippen LogP contribution in [0.25, 0.3) is 0 Å². The molecule has 166 valence electrons. The van der Waals surface area contributed by atoms with Crippen LogP contribution in [-0.4, -0.2) is 0 Å². The zero-order valence-electron chi connectivity index (χ0n) is 20.6. The highest BCUT2D eigenvalue weighted by molar-refractivity contribution is 5.00. The predicted octanol–water partition coefficient (Wildman–Crippen LogP) is 10.2. The summed E-state index contributed by atoms with van der Waals surface area (Å²) in [7, 11) is 0. The van der Waals surface area contributed by atoms with E-state index in [2.05, 4.69) is 102 Å². The van der Waals surface area contributed by atoms with Gasteiger partial charge < -0.3 is 0 Å². The predicted molar refractivity (Wildman–Crippen MR) is 135 cm³/mol. The quantitative estimate of drug-likeness (QED) is 0.179. The molecule has 0 aromatic heterocycles. The van der Waals surface area contributed by atoms with Crippen molar-refractivity contribution >= 4 is 0 Å². The van der Waals surface area contributed by atoms with E-state index in [1.165, 1.54) is 38.5 Å². The van der Waals surface area contributed by atoms with Crippen LogP contribution in [-0.2, 0) is 0 Å². The first-order valence-electron chi connectivity index (χ1n) is 12.1. The van der Waals surface area contributed by atoms with Crippen LogP contribution in [0, 0.1) is 10.8 Å². The maximum absolute atomic E-state index is 2.42. The molecule has 0 aliphatic rings. The van der Waals surface area contributed by atoms with Gasteiger partial charge in [-0.3, -0.25) is 0 Å². The van der Waals surface area contributed by atoms with Crippen molar-refractivity contribution in [2.45, 2.75) is 112 Å². The van der Waals surface area contributed by atoms with Crippen LogP contribution in [0.1, 0.15) is 112 Å². The monoisotopic (exact) mass is 398 g/mol. The number of unbranched alkanes of at least 4 members (excludes halogenated alkanes) is 4. The average molecular weight is 399 g/mol. The molecule has 0 N–H and O–H groups in total. The van der Waals surface area contributed by atoms with Crippen molar-refractivity contribution in [3.05, 3.63) is 60.8 Å². The van der Waals surface area contributed by atoms with E-state index in [1.807, 2.05) is 0 Å². The Balaban J connectivity index is 3.56. The molecule has 0 spiro atoms. The number of rotatable bonds is 16. The van der Waals surface area contributed by atoms with Gasteiger partial charge >= 0.3 is 0 Å². The lowest BCUT2D eigenvalue weighted by molar-refractivity contribution is 0.115. The minimum absolute atomic E-state index is 0.405. The molecule has 29 heavy (non-hydrogen) atoms.